The van der Waals surface area contributed by atoms with Gasteiger partial charge < -0.3 is 10.1 Å². The second-order valence-electron chi connectivity index (χ2n) is 3.67. The lowest BCUT2D eigenvalue weighted by Crippen LogP contribution is -2.24. The van der Waals surface area contributed by atoms with Gasteiger partial charge in [0.05, 0.1) is 13.2 Å². The summed E-state index contributed by atoms with van der Waals surface area (Å²) < 4.78 is 6.73. The second-order valence-corrected chi connectivity index (χ2v) is 4.83. The Hall–Kier alpha value is -0.630. The lowest BCUT2D eigenvalue weighted by Gasteiger charge is -2.05. The number of halogens is 1. The van der Waals surface area contributed by atoms with Crippen LogP contribution in [0.5, 0.6) is 0 Å². The molecule has 0 spiro atoms. The Morgan fingerprint density at radius 2 is 2.39 bits per heavy atom. The molecular weight excluding hydrogens is 274 g/mol. The minimum absolute atomic E-state index is 0.705. The number of rotatable bonds is 9. The lowest BCUT2D eigenvalue weighted by molar-refractivity contribution is 0.199. The van der Waals surface area contributed by atoms with Crippen LogP contribution in [0.1, 0.15) is 6.92 Å². The molecule has 1 aromatic rings. The molecule has 0 saturated heterocycles. The highest BCUT2D eigenvalue weighted by Gasteiger charge is 2.06. The molecule has 1 rings (SSSR count). The van der Waals surface area contributed by atoms with E-state index in [9.17, 15) is 0 Å². The van der Waals surface area contributed by atoms with Crippen molar-refractivity contribution in [2.75, 3.05) is 32.6 Å². The predicted molar refractivity (Wildman–Crippen MR) is 72.9 cm³/mol. The van der Waals surface area contributed by atoms with Gasteiger partial charge in [-0.25, -0.2) is 4.68 Å². The monoisotopic (exact) mass is 291 g/mol. The molecule has 0 aliphatic rings. The summed E-state index contributed by atoms with van der Waals surface area (Å²) in [5.74, 6) is 0.793. The summed E-state index contributed by atoms with van der Waals surface area (Å²) in [6.45, 7) is 5.06. The van der Waals surface area contributed by atoms with Crippen molar-refractivity contribution in [1.82, 2.24) is 25.5 Å². The van der Waals surface area contributed by atoms with Gasteiger partial charge in [0.15, 0.2) is 0 Å². The Labute approximate surface area is 116 Å². The van der Waals surface area contributed by atoms with Crippen LogP contribution in [-0.2, 0) is 11.3 Å². The minimum Gasteiger partial charge on any atom is -0.383 e. The third-order valence-corrected chi connectivity index (χ3v) is 3.62. The van der Waals surface area contributed by atoms with Gasteiger partial charge in [-0.3, -0.25) is 0 Å². The van der Waals surface area contributed by atoms with Crippen molar-refractivity contribution in [2.24, 2.45) is 0 Å². The van der Waals surface area contributed by atoms with Crippen LogP contribution in [0.2, 0.25) is 0 Å². The van der Waals surface area contributed by atoms with E-state index < -0.39 is 0 Å². The topological polar surface area (TPSA) is 64.9 Å². The molecule has 0 atom stereocenters. The lowest BCUT2D eigenvalue weighted by atomic mass is 10.4. The largest absolute Gasteiger partial charge is 0.383 e. The van der Waals surface area contributed by atoms with E-state index in [-0.39, 0.29) is 0 Å². The summed E-state index contributed by atoms with van der Waals surface area (Å²) in [5.41, 5.74) is 2.67. The quantitative estimate of drug-likeness (QED) is 0.544. The highest BCUT2D eigenvalue weighted by atomic mass is 35.5. The van der Waals surface area contributed by atoms with Crippen LogP contribution in [0.4, 0.5) is 0 Å². The minimum atomic E-state index is 0.705. The second kappa shape index (κ2) is 9.32. The van der Waals surface area contributed by atoms with Gasteiger partial charge in [0.2, 0.25) is 5.16 Å². The molecule has 18 heavy (non-hydrogen) atoms. The van der Waals surface area contributed by atoms with Crippen LogP contribution in [-0.4, -0.2) is 52.8 Å². The van der Waals surface area contributed by atoms with Gasteiger partial charge >= 0.3 is 0 Å². The van der Waals surface area contributed by atoms with Crippen LogP contribution < -0.4 is 5.32 Å². The third-order valence-electron chi connectivity index (χ3n) is 2.10. The van der Waals surface area contributed by atoms with Gasteiger partial charge in [-0.15, -0.1) is 5.10 Å². The number of hydrogen-bond donors (Lipinski definition) is 1. The van der Waals surface area contributed by atoms with E-state index in [1.54, 1.807) is 29.1 Å². The van der Waals surface area contributed by atoms with Crippen LogP contribution in [0, 0.1) is 0 Å². The van der Waals surface area contributed by atoms with E-state index in [1.165, 1.54) is 0 Å². The van der Waals surface area contributed by atoms with Gasteiger partial charge in [-0.1, -0.05) is 28.9 Å². The molecule has 0 aliphatic carbocycles. The number of methoxy groups -OCH3 is 1. The highest BCUT2D eigenvalue weighted by Crippen LogP contribution is 2.16. The maximum absolute atomic E-state index is 5.61. The van der Waals surface area contributed by atoms with E-state index in [1.807, 2.05) is 6.92 Å². The Kier molecular flexibility index (Phi) is 7.99. The first-order valence-corrected chi connectivity index (χ1v) is 7.04. The molecule has 0 saturated carbocycles. The average molecular weight is 292 g/mol. The Balaban J connectivity index is 2.31. The molecule has 0 aromatic carbocycles. The molecule has 0 unspecified atom stereocenters. The highest BCUT2D eigenvalue weighted by molar-refractivity contribution is 7.99. The predicted octanol–water partition coefficient (Wildman–Crippen LogP) is 1.14. The SMILES string of the molecule is COCCNCCn1nnnc1SCC(C)=CCl. The summed E-state index contributed by atoms with van der Waals surface area (Å²) in [5, 5.41) is 15.7. The molecule has 8 heteroatoms. The number of tetrazole rings is 1. The normalized spacial score (nSPS) is 12.1. The molecule has 1 aromatic heterocycles. The summed E-state index contributed by atoms with van der Waals surface area (Å²) in [6, 6.07) is 0. The number of aromatic nitrogens is 4. The van der Waals surface area contributed by atoms with E-state index in [4.69, 9.17) is 16.3 Å². The zero-order valence-corrected chi connectivity index (χ0v) is 12.2. The fraction of sp³-hybridized carbons (Fsp3) is 0.700. The fourth-order valence-corrected chi connectivity index (χ4v) is 2.11. The van der Waals surface area contributed by atoms with Gasteiger partial charge in [-0.2, -0.15) is 0 Å². The zero-order valence-electron chi connectivity index (χ0n) is 10.6. The number of hydrogen-bond acceptors (Lipinski definition) is 6. The molecular formula is C10H18ClN5OS. The van der Waals surface area contributed by atoms with Crippen molar-refractivity contribution in [2.45, 2.75) is 18.6 Å². The third kappa shape index (κ3) is 5.81. The van der Waals surface area contributed by atoms with Gasteiger partial charge in [0.25, 0.3) is 0 Å². The molecule has 0 bridgehead atoms. The zero-order chi connectivity index (χ0) is 13.2. The molecule has 0 fully saturated rings. The smallest absolute Gasteiger partial charge is 0.209 e. The van der Waals surface area contributed by atoms with Gasteiger partial charge in [-0.05, 0) is 17.4 Å². The van der Waals surface area contributed by atoms with Gasteiger partial charge in [0, 0.05) is 31.5 Å². The number of nitrogens with zero attached hydrogens (tertiary/aromatic N) is 4. The maximum atomic E-state index is 5.61. The number of thioether (sulfide) groups is 1. The van der Waals surface area contributed by atoms with E-state index in [0.717, 1.165) is 36.1 Å². The summed E-state index contributed by atoms with van der Waals surface area (Å²) in [4.78, 5) is 0. The standard InChI is InChI=1S/C10H18ClN5OS/c1-9(7-11)8-18-10-13-14-15-16(10)5-3-12-4-6-17-2/h7,12H,3-6,8H2,1-2H3. The molecule has 1 heterocycles. The van der Waals surface area contributed by atoms with Crippen molar-refractivity contribution in [3.63, 3.8) is 0 Å². The maximum Gasteiger partial charge on any atom is 0.209 e. The molecule has 102 valence electrons. The van der Waals surface area contributed by atoms with Crippen molar-refractivity contribution < 1.29 is 4.74 Å². The summed E-state index contributed by atoms with van der Waals surface area (Å²) in [6.07, 6.45) is 0. The van der Waals surface area contributed by atoms with Gasteiger partial charge in [0.1, 0.15) is 0 Å². The summed E-state index contributed by atoms with van der Waals surface area (Å²) in [7, 11) is 1.69. The van der Waals surface area contributed by atoms with Crippen molar-refractivity contribution in [3.8, 4) is 0 Å². The number of ether oxygens (including phenoxy) is 1. The average Bonchev–Trinajstić information content (AvgIpc) is 2.83. The van der Waals surface area contributed by atoms with Crippen LogP contribution in [0.15, 0.2) is 16.3 Å². The van der Waals surface area contributed by atoms with Crippen molar-refractivity contribution >= 4 is 23.4 Å². The number of nitrogens with one attached hydrogen (secondary N) is 1. The van der Waals surface area contributed by atoms with E-state index in [2.05, 4.69) is 20.8 Å². The molecule has 6 nitrogen and oxygen atoms in total. The van der Waals surface area contributed by atoms with Crippen LogP contribution >= 0.6 is 23.4 Å². The Morgan fingerprint density at radius 1 is 1.56 bits per heavy atom. The van der Waals surface area contributed by atoms with Crippen molar-refractivity contribution in [3.05, 3.63) is 11.1 Å². The molecule has 0 aliphatic heterocycles. The van der Waals surface area contributed by atoms with E-state index >= 15 is 0 Å². The molecule has 1 N–H and O–H groups in total. The Bertz CT molecular complexity index is 371. The summed E-state index contributed by atoms with van der Waals surface area (Å²) >= 11 is 7.18. The van der Waals surface area contributed by atoms with E-state index in [0.29, 0.717) is 6.61 Å². The molecule has 0 amide bonds. The first-order chi connectivity index (χ1) is 8.77. The van der Waals surface area contributed by atoms with Crippen LogP contribution in [0.3, 0.4) is 0 Å². The first-order valence-electron chi connectivity index (χ1n) is 5.62. The van der Waals surface area contributed by atoms with Crippen molar-refractivity contribution in [1.29, 1.82) is 0 Å². The first kappa shape index (κ1) is 15.4. The Morgan fingerprint density at radius 3 is 3.11 bits per heavy atom. The fourth-order valence-electron chi connectivity index (χ4n) is 1.13. The van der Waals surface area contributed by atoms with Crippen LogP contribution in [0.25, 0.3) is 0 Å². The molecule has 0 radical (unpaired) electrons.